The van der Waals surface area contributed by atoms with Crippen LogP contribution in [0.2, 0.25) is 0 Å². The van der Waals surface area contributed by atoms with Gasteiger partial charge in [0.15, 0.2) is 5.13 Å². The maximum Gasteiger partial charge on any atom is 0.253 e. The zero-order valence-electron chi connectivity index (χ0n) is 16.8. The first-order chi connectivity index (χ1) is 13.9. The Kier molecular flexibility index (Phi) is 6.93. The van der Waals surface area contributed by atoms with Gasteiger partial charge < -0.3 is 10.2 Å². The molecule has 1 aromatic carbocycles. The van der Waals surface area contributed by atoms with Crippen molar-refractivity contribution in [3.8, 4) is 6.07 Å². The number of nitriles is 1. The lowest BCUT2D eigenvalue weighted by molar-refractivity contribution is -0.121. The lowest BCUT2D eigenvalue weighted by Crippen LogP contribution is -2.43. The van der Waals surface area contributed by atoms with Crippen LogP contribution in [0.5, 0.6) is 0 Å². The van der Waals surface area contributed by atoms with Crippen molar-refractivity contribution in [3.63, 3.8) is 0 Å². The smallest absolute Gasteiger partial charge is 0.253 e. The fourth-order valence-electron chi connectivity index (χ4n) is 3.53. The molecule has 1 aliphatic rings. The molecule has 1 aliphatic heterocycles. The molecule has 3 rings (SSSR count). The van der Waals surface area contributed by atoms with Gasteiger partial charge in [-0.1, -0.05) is 40.3 Å². The highest BCUT2D eigenvalue weighted by molar-refractivity contribution is 8.01. The van der Waals surface area contributed by atoms with Gasteiger partial charge in [0.2, 0.25) is 5.91 Å². The molecule has 152 valence electrons. The minimum absolute atomic E-state index is 0.0189. The molecule has 1 N–H and O–H groups in total. The molecule has 2 amide bonds. The summed E-state index contributed by atoms with van der Waals surface area (Å²) in [6.07, 6.45) is 1.55. The number of carbonyl (C=O) groups excluding carboxylic acids is 2. The van der Waals surface area contributed by atoms with E-state index < -0.39 is 0 Å². The van der Waals surface area contributed by atoms with Gasteiger partial charge >= 0.3 is 0 Å². The number of aryl methyl sites for hydroxylation is 3. The summed E-state index contributed by atoms with van der Waals surface area (Å²) in [4.78, 5) is 31.9. The molecular weight excluding hydrogens is 404 g/mol. The number of nitrogens with one attached hydrogen (secondary N) is 1. The fraction of sp³-hybridized carbons (Fsp3) is 0.429. The Balaban J connectivity index is 1.65. The molecule has 1 saturated heterocycles. The molecule has 0 bridgehead atoms. The Morgan fingerprint density at radius 1 is 1.31 bits per heavy atom. The van der Waals surface area contributed by atoms with Crippen LogP contribution in [0.15, 0.2) is 22.4 Å². The Labute approximate surface area is 179 Å². The first-order valence-corrected chi connectivity index (χ1v) is 11.3. The van der Waals surface area contributed by atoms with Crippen LogP contribution >= 0.6 is 23.1 Å². The van der Waals surface area contributed by atoms with E-state index in [1.165, 1.54) is 23.1 Å². The number of piperidine rings is 1. The zero-order chi connectivity index (χ0) is 21.0. The largest absolute Gasteiger partial charge is 0.338 e. The van der Waals surface area contributed by atoms with Crippen molar-refractivity contribution in [1.29, 1.82) is 5.26 Å². The number of nitrogens with zero attached hydrogens (tertiary/aromatic N) is 3. The van der Waals surface area contributed by atoms with Gasteiger partial charge in [0.25, 0.3) is 5.91 Å². The van der Waals surface area contributed by atoms with Gasteiger partial charge in [-0.2, -0.15) is 5.26 Å². The van der Waals surface area contributed by atoms with Gasteiger partial charge in [-0.05, 0) is 45.7 Å². The highest BCUT2D eigenvalue weighted by atomic mass is 32.2. The average Bonchev–Trinajstić information content (AvgIpc) is 3.04. The summed E-state index contributed by atoms with van der Waals surface area (Å²) in [5, 5.41) is 12.2. The summed E-state index contributed by atoms with van der Waals surface area (Å²) in [7, 11) is 0. The summed E-state index contributed by atoms with van der Waals surface area (Å²) >= 11 is 2.81. The van der Waals surface area contributed by atoms with E-state index in [1.807, 2.05) is 39.0 Å². The van der Waals surface area contributed by atoms with E-state index in [-0.39, 0.29) is 17.7 Å². The lowest BCUT2D eigenvalue weighted by Gasteiger charge is -2.32. The van der Waals surface area contributed by atoms with Crippen LogP contribution in [-0.2, 0) is 4.79 Å². The predicted octanol–water partition coefficient (Wildman–Crippen LogP) is 4.17. The van der Waals surface area contributed by atoms with Crippen LogP contribution in [0.1, 0.15) is 40.0 Å². The summed E-state index contributed by atoms with van der Waals surface area (Å²) in [6.45, 7) is 6.92. The number of hydrogen-bond acceptors (Lipinski definition) is 6. The summed E-state index contributed by atoms with van der Waals surface area (Å²) in [6, 6.07) is 7.94. The Morgan fingerprint density at radius 3 is 2.72 bits per heavy atom. The SMILES string of the molecule is Cc1cc(C)cc(C(=O)N2CCCC(C(=O)Nc3nc(C)c(SCC#N)s3)C2)c1. The standard InChI is InChI=1S/C21H24N4O2S2/c1-13-9-14(2)11-17(10-13)19(27)25-7-4-5-16(12-25)18(26)24-21-23-15(3)20(29-21)28-8-6-22/h9-11,16H,4-5,7-8,12H2,1-3H3,(H,23,24,26). The van der Waals surface area contributed by atoms with Gasteiger partial charge in [0, 0.05) is 18.7 Å². The number of thiazole rings is 1. The molecule has 29 heavy (non-hydrogen) atoms. The second kappa shape index (κ2) is 9.42. The third kappa shape index (κ3) is 5.37. The van der Waals surface area contributed by atoms with Crippen LogP contribution < -0.4 is 5.32 Å². The van der Waals surface area contributed by atoms with Crippen molar-refractivity contribution in [2.45, 2.75) is 37.8 Å². The highest BCUT2D eigenvalue weighted by Crippen LogP contribution is 2.32. The lowest BCUT2D eigenvalue weighted by atomic mass is 9.96. The monoisotopic (exact) mass is 428 g/mol. The van der Waals surface area contributed by atoms with Crippen molar-refractivity contribution >= 4 is 40.0 Å². The summed E-state index contributed by atoms with van der Waals surface area (Å²) < 4.78 is 0.942. The molecule has 2 aromatic rings. The van der Waals surface area contributed by atoms with Crippen LogP contribution in [0.3, 0.4) is 0 Å². The van der Waals surface area contributed by atoms with Crippen LogP contribution in [-0.4, -0.2) is 40.5 Å². The van der Waals surface area contributed by atoms with E-state index in [4.69, 9.17) is 5.26 Å². The van der Waals surface area contributed by atoms with Crippen molar-refractivity contribution in [1.82, 2.24) is 9.88 Å². The summed E-state index contributed by atoms with van der Waals surface area (Å²) in [5.74, 6) is -0.0183. The number of likely N-dealkylation sites (tertiary alicyclic amines) is 1. The minimum atomic E-state index is -0.252. The molecule has 2 heterocycles. The zero-order valence-corrected chi connectivity index (χ0v) is 18.5. The van der Waals surface area contributed by atoms with E-state index in [2.05, 4.69) is 16.4 Å². The molecule has 0 spiro atoms. The fourth-order valence-corrected chi connectivity index (χ4v) is 5.33. The second-order valence-electron chi connectivity index (χ2n) is 7.29. The van der Waals surface area contributed by atoms with E-state index in [9.17, 15) is 9.59 Å². The van der Waals surface area contributed by atoms with E-state index >= 15 is 0 Å². The van der Waals surface area contributed by atoms with E-state index in [0.717, 1.165) is 33.9 Å². The number of hydrogen-bond donors (Lipinski definition) is 1. The van der Waals surface area contributed by atoms with Crippen molar-refractivity contribution in [3.05, 3.63) is 40.6 Å². The van der Waals surface area contributed by atoms with Gasteiger partial charge in [-0.3, -0.25) is 9.59 Å². The average molecular weight is 429 g/mol. The van der Waals surface area contributed by atoms with Crippen LogP contribution in [0.4, 0.5) is 5.13 Å². The van der Waals surface area contributed by atoms with E-state index in [1.54, 1.807) is 4.90 Å². The molecule has 1 unspecified atom stereocenters. The van der Waals surface area contributed by atoms with Crippen molar-refractivity contribution in [2.75, 3.05) is 24.2 Å². The number of thioether (sulfide) groups is 1. The summed E-state index contributed by atoms with van der Waals surface area (Å²) in [5.41, 5.74) is 3.62. The van der Waals surface area contributed by atoms with Crippen LogP contribution in [0, 0.1) is 38.0 Å². The molecule has 1 aromatic heterocycles. The van der Waals surface area contributed by atoms with Gasteiger partial charge in [-0.25, -0.2) is 4.98 Å². The molecule has 6 nitrogen and oxygen atoms in total. The van der Waals surface area contributed by atoms with Gasteiger partial charge in [0.1, 0.15) is 0 Å². The quantitative estimate of drug-likeness (QED) is 0.722. The van der Waals surface area contributed by atoms with Crippen LogP contribution in [0.25, 0.3) is 0 Å². The predicted molar refractivity (Wildman–Crippen MR) is 116 cm³/mol. The highest BCUT2D eigenvalue weighted by Gasteiger charge is 2.29. The number of anilines is 1. The molecular formula is C21H24N4O2S2. The maximum absolute atomic E-state index is 12.9. The molecule has 0 saturated carbocycles. The molecule has 0 aliphatic carbocycles. The van der Waals surface area contributed by atoms with Crippen molar-refractivity contribution in [2.24, 2.45) is 5.92 Å². The Morgan fingerprint density at radius 2 is 2.03 bits per heavy atom. The minimum Gasteiger partial charge on any atom is -0.338 e. The third-order valence-corrected chi connectivity index (χ3v) is 7.10. The van der Waals surface area contributed by atoms with Gasteiger partial charge in [-0.15, -0.1) is 0 Å². The second-order valence-corrected chi connectivity index (χ2v) is 9.54. The molecule has 8 heteroatoms. The number of carbonyl (C=O) groups is 2. The molecule has 1 atom stereocenters. The Bertz CT molecular complexity index is 944. The number of rotatable bonds is 5. The first kappa shape index (κ1) is 21.3. The molecule has 1 fully saturated rings. The van der Waals surface area contributed by atoms with E-state index in [0.29, 0.717) is 29.5 Å². The third-order valence-electron chi connectivity index (χ3n) is 4.80. The normalized spacial score (nSPS) is 16.3. The number of benzene rings is 1. The number of amides is 2. The first-order valence-electron chi connectivity index (χ1n) is 9.53. The van der Waals surface area contributed by atoms with Gasteiger partial charge in [0.05, 0.1) is 27.6 Å². The Hall–Kier alpha value is -2.37. The topological polar surface area (TPSA) is 86.1 Å². The molecule has 0 radical (unpaired) electrons. The van der Waals surface area contributed by atoms with Crippen molar-refractivity contribution < 1.29 is 9.59 Å². The number of aromatic nitrogens is 1. The maximum atomic E-state index is 12.9.